The summed E-state index contributed by atoms with van der Waals surface area (Å²) in [7, 11) is 0. The highest BCUT2D eigenvalue weighted by molar-refractivity contribution is 5.94. The monoisotopic (exact) mass is 367 g/mol. The van der Waals surface area contributed by atoms with Crippen molar-refractivity contribution in [3.05, 3.63) is 70.5 Å². The Bertz CT molecular complexity index is 810. The van der Waals surface area contributed by atoms with Gasteiger partial charge in [0.1, 0.15) is 5.82 Å². The van der Waals surface area contributed by atoms with E-state index in [-0.39, 0.29) is 17.1 Å². The Kier molecular flexibility index (Phi) is 5.26. The standard InChI is InChI=1S/C23H26FNO2/c24-21-9-7-20(8-10-21)23(11-13-27-14-12-23)16-25-22(26)19-6-5-17-3-1-2-4-18(17)15-19/h5-10,15H,1-4,11-14,16H2,(H,25,26). The molecule has 1 heterocycles. The summed E-state index contributed by atoms with van der Waals surface area (Å²) in [6.07, 6.45) is 6.26. The summed E-state index contributed by atoms with van der Waals surface area (Å²) >= 11 is 0. The van der Waals surface area contributed by atoms with E-state index in [0.717, 1.165) is 36.8 Å². The highest BCUT2D eigenvalue weighted by atomic mass is 19.1. The van der Waals surface area contributed by atoms with Gasteiger partial charge in [0.15, 0.2) is 0 Å². The second kappa shape index (κ2) is 7.81. The van der Waals surface area contributed by atoms with E-state index in [1.165, 1.54) is 36.1 Å². The number of carbonyl (C=O) groups excluding carboxylic acids is 1. The molecule has 0 unspecified atom stereocenters. The molecule has 1 fully saturated rings. The Labute approximate surface area is 159 Å². The molecule has 0 aromatic heterocycles. The lowest BCUT2D eigenvalue weighted by Gasteiger charge is -2.38. The maximum Gasteiger partial charge on any atom is 0.251 e. The number of ether oxygens (including phenoxy) is 1. The molecule has 1 aliphatic heterocycles. The average molecular weight is 367 g/mol. The number of amides is 1. The minimum absolute atomic E-state index is 0.0312. The molecule has 2 aromatic rings. The molecule has 1 aliphatic carbocycles. The summed E-state index contributed by atoms with van der Waals surface area (Å²) in [5, 5.41) is 3.14. The van der Waals surface area contributed by atoms with E-state index in [2.05, 4.69) is 17.4 Å². The zero-order valence-corrected chi connectivity index (χ0v) is 15.6. The summed E-state index contributed by atoms with van der Waals surface area (Å²) in [5.41, 5.74) is 4.30. The number of hydrogen-bond donors (Lipinski definition) is 1. The van der Waals surface area contributed by atoms with Crippen molar-refractivity contribution in [2.24, 2.45) is 0 Å². The van der Waals surface area contributed by atoms with E-state index >= 15 is 0 Å². The summed E-state index contributed by atoms with van der Waals surface area (Å²) < 4.78 is 18.9. The zero-order chi connectivity index (χ0) is 18.7. The van der Waals surface area contributed by atoms with E-state index < -0.39 is 0 Å². The van der Waals surface area contributed by atoms with E-state index in [0.29, 0.717) is 19.8 Å². The molecule has 4 rings (SSSR count). The molecule has 0 atom stereocenters. The first-order valence-electron chi connectivity index (χ1n) is 9.90. The van der Waals surface area contributed by atoms with Crippen LogP contribution in [0.15, 0.2) is 42.5 Å². The third-order valence-electron chi connectivity index (χ3n) is 6.10. The number of aryl methyl sites for hydroxylation is 2. The van der Waals surface area contributed by atoms with E-state index in [4.69, 9.17) is 4.74 Å². The maximum atomic E-state index is 13.4. The molecular weight excluding hydrogens is 341 g/mol. The molecule has 2 aromatic carbocycles. The molecule has 0 saturated carbocycles. The van der Waals surface area contributed by atoms with Crippen molar-refractivity contribution in [1.29, 1.82) is 0 Å². The van der Waals surface area contributed by atoms with Gasteiger partial charge >= 0.3 is 0 Å². The van der Waals surface area contributed by atoms with Crippen LogP contribution in [0.25, 0.3) is 0 Å². The number of fused-ring (bicyclic) bond motifs is 1. The first-order valence-corrected chi connectivity index (χ1v) is 9.90. The van der Waals surface area contributed by atoms with Crippen LogP contribution < -0.4 is 5.32 Å². The maximum absolute atomic E-state index is 13.4. The van der Waals surface area contributed by atoms with Gasteiger partial charge in [-0.15, -0.1) is 0 Å². The molecule has 2 aliphatic rings. The lowest BCUT2D eigenvalue weighted by molar-refractivity contribution is 0.0487. The van der Waals surface area contributed by atoms with Gasteiger partial charge in [0, 0.05) is 30.7 Å². The number of benzene rings is 2. The van der Waals surface area contributed by atoms with Crippen LogP contribution in [0.5, 0.6) is 0 Å². The van der Waals surface area contributed by atoms with Crippen molar-refractivity contribution >= 4 is 5.91 Å². The molecule has 3 nitrogen and oxygen atoms in total. The van der Waals surface area contributed by atoms with Crippen molar-refractivity contribution in [2.75, 3.05) is 19.8 Å². The van der Waals surface area contributed by atoms with E-state index in [9.17, 15) is 9.18 Å². The number of carbonyl (C=O) groups is 1. The highest BCUT2D eigenvalue weighted by Gasteiger charge is 2.35. The lowest BCUT2D eigenvalue weighted by atomic mass is 9.74. The van der Waals surface area contributed by atoms with Gasteiger partial charge in [-0.3, -0.25) is 4.79 Å². The second-order valence-electron chi connectivity index (χ2n) is 7.77. The Morgan fingerprint density at radius 3 is 2.44 bits per heavy atom. The van der Waals surface area contributed by atoms with Crippen LogP contribution in [0.4, 0.5) is 4.39 Å². The van der Waals surface area contributed by atoms with Gasteiger partial charge in [0.2, 0.25) is 0 Å². The average Bonchev–Trinajstić information content (AvgIpc) is 2.73. The quantitative estimate of drug-likeness (QED) is 0.880. The molecule has 1 saturated heterocycles. The number of hydrogen-bond acceptors (Lipinski definition) is 2. The smallest absolute Gasteiger partial charge is 0.251 e. The molecule has 142 valence electrons. The van der Waals surface area contributed by atoms with Gasteiger partial charge < -0.3 is 10.1 Å². The molecule has 1 amide bonds. The van der Waals surface area contributed by atoms with Crippen LogP contribution in [0.1, 0.15) is 52.7 Å². The fourth-order valence-electron chi connectivity index (χ4n) is 4.36. The van der Waals surface area contributed by atoms with Gasteiger partial charge in [-0.05, 0) is 79.5 Å². The summed E-state index contributed by atoms with van der Waals surface area (Å²) in [4.78, 5) is 12.8. The summed E-state index contributed by atoms with van der Waals surface area (Å²) in [6.45, 7) is 1.86. The largest absolute Gasteiger partial charge is 0.381 e. The van der Waals surface area contributed by atoms with Crippen molar-refractivity contribution in [2.45, 2.75) is 43.9 Å². The van der Waals surface area contributed by atoms with Gasteiger partial charge in [-0.25, -0.2) is 4.39 Å². The van der Waals surface area contributed by atoms with Crippen LogP contribution in [-0.4, -0.2) is 25.7 Å². The molecule has 0 radical (unpaired) electrons. The number of rotatable bonds is 4. The van der Waals surface area contributed by atoms with Crippen LogP contribution in [0.2, 0.25) is 0 Å². The van der Waals surface area contributed by atoms with Gasteiger partial charge in [0.25, 0.3) is 5.91 Å². The predicted molar refractivity (Wildman–Crippen MR) is 104 cm³/mol. The molecule has 0 bridgehead atoms. The Balaban J connectivity index is 1.50. The Morgan fingerprint density at radius 2 is 1.70 bits per heavy atom. The SMILES string of the molecule is O=C(NCC1(c2ccc(F)cc2)CCOCC1)c1ccc2c(c1)CCCC2. The first kappa shape index (κ1) is 18.2. The highest BCUT2D eigenvalue weighted by Crippen LogP contribution is 2.34. The number of halogens is 1. The number of nitrogens with one attached hydrogen (secondary N) is 1. The lowest BCUT2D eigenvalue weighted by Crippen LogP contribution is -2.44. The summed E-state index contributed by atoms with van der Waals surface area (Å²) in [6, 6.07) is 12.8. The molecule has 0 spiro atoms. The van der Waals surface area contributed by atoms with Gasteiger partial charge in [-0.2, -0.15) is 0 Å². The molecule has 27 heavy (non-hydrogen) atoms. The second-order valence-corrected chi connectivity index (χ2v) is 7.77. The van der Waals surface area contributed by atoms with E-state index in [1.54, 1.807) is 0 Å². The Hall–Kier alpha value is -2.20. The molecule has 1 N–H and O–H groups in total. The first-order chi connectivity index (χ1) is 13.2. The van der Waals surface area contributed by atoms with Gasteiger partial charge in [0.05, 0.1) is 0 Å². The zero-order valence-electron chi connectivity index (χ0n) is 15.6. The van der Waals surface area contributed by atoms with Crippen LogP contribution >= 0.6 is 0 Å². The van der Waals surface area contributed by atoms with E-state index in [1.807, 2.05) is 18.2 Å². The molecule has 4 heteroatoms. The normalized spacial score (nSPS) is 18.6. The minimum atomic E-state index is -0.237. The summed E-state index contributed by atoms with van der Waals surface area (Å²) in [5.74, 6) is -0.268. The fourth-order valence-corrected chi connectivity index (χ4v) is 4.36. The third kappa shape index (κ3) is 3.91. The van der Waals surface area contributed by atoms with Crippen LogP contribution in [0, 0.1) is 5.82 Å². The van der Waals surface area contributed by atoms with Gasteiger partial charge in [-0.1, -0.05) is 18.2 Å². The third-order valence-corrected chi connectivity index (χ3v) is 6.10. The van der Waals surface area contributed by atoms with Crippen LogP contribution in [-0.2, 0) is 23.0 Å². The minimum Gasteiger partial charge on any atom is -0.381 e. The fraction of sp³-hybridized carbons (Fsp3) is 0.435. The topological polar surface area (TPSA) is 38.3 Å². The van der Waals surface area contributed by atoms with Crippen molar-refractivity contribution < 1.29 is 13.9 Å². The van der Waals surface area contributed by atoms with Crippen molar-refractivity contribution in [1.82, 2.24) is 5.32 Å². The van der Waals surface area contributed by atoms with Crippen molar-refractivity contribution in [3.63, 3.8) is 0 Å². The molecular formula is C23H26FNO2. The predicted octanol–water partition coefficient (Wildman–Crippen LogP) is 4.18. The Morgan fingerprint density at radius 1 is 1.00 bits per heavy atom. The van der Waals surface area contributed by atoms with Crippen LogP contribution in [0.3, 0.4) is 0 Å². The van der Waals surface area contributed by atoms with Crippen molar-refractivity contribution in [3.8, 4) is 0 Å².